The number of aromatic amines is 1. The molecule has 0 saturated carbocycles. The molecule has 1 N–H and O–H groups in total. The van der Waals surface area contributed by atoms with E-state index in [9.17, 15) is 13.2 Å². The minimum absolute atomic E-state index is 0.0579. The Bertz CT molecular complexity index is 472. The summed E-state index contributed by atoms with van der Waals surface area (Å²) >= 11 is 0. The molecule has 0 spiro atoms. The van der Waals surface area contributed by atoms with Crippen LogP contribution in [-0.4, -0.2) is 15.0 Å². The van der Waals surface area contributed by atoms with Crippen LogP contribution in [0, 0.1) is 6.92 Å². The smallest absolute Gasteiger partial charge is 0.340 e. The van der Waals surface area contributed by atoms with E-state index in [0.717, 1.165) is 6.20 Å². The maximum atomic E-state index is 12.4. The molecule has 0 fully saturated rings. The Morgan fingerprint density at radius 3 is 2.71 bits per heavy atom. The van der Waals surface area contributed by atoms with Gasteiger partial charge in [-0.15, -0.1) is 0 Å². The van der Waals surface area contributed by atoms with Gasteiger partial charge in [-0.2, -0.15) is 13.2 Å². The molecule has 0 bridgehead atoms. The average molecular weight is 201 g/mol. The second-order valence-corrected chi connectivity index (χ2v) is 2.87. The van der Waals surface area contributed by atoms with Gasteiger partial charge in [0.15, 0.2) is 5.69 Å². The van der Waals surface area contributed by atoms with E-state index in [1.54, 1.807) is 6.92 Å². The van der Waals surface area contributed by atoms with Crippen molar-refractivity contribution >= 4 is 11.0 Å². The highest BCUT2D eigenvalue weighted by atomic mass is 19.4. The van der Waals surface area contributed by atoms with Crippen LogP contribution < -0.4 is 0 Å². The number of nitrogens with zero attached hydrogens (tertiary/aromatic N) is 2. The summed E-state index contributed by atoms with van der Waals surface area (Å²) in [6, 6.07) is 1.44. The summed E-state index contributed by atoms with van der Waals surface area (Å²) in [4.78, 5) is 9.73. The van der Waals surface area contributed by atoms with Crippen LogP contribution in [0.3, 0.4) is 0 Å². The summed E-state index contributed by atoms with van der Waals surface area (Å²) in [7, 11) is 0. The lowest BCUT2D eigenvalue weighted by atomic mass is 10.3. The summed E-state index contributed by atoms with van der Waals surface area (Å²) in [5.41, 5.74) is -0.696. The topological polar surface area (TPSA) is 41.6 Å². The lowest BCUT2D eigenvalue weighted by Gasteiger charge is -2.04. The first-order chi connectivity index (χ1) is 6.48. The number of imidazole rings is 1. The predicted octanol–water partition coefficient (Wildman–Crippen LogP) is 2.29. The van der Waals surface area contributed by atoms with Crippen molar-refractivity contribution in [3.8, 4) is 0 Å². The molecule has 2 aromatic rings. The normalized spacial score (nSPS) is 12.3. The lowest BCUT2D eigenvalue weighted by molar-refractivity contribution is -0.139. The summed E-state index contributed by atoms with van der Waals surface area (Å²) in [6.07, 6.45) is -3.34. The van der Waals surface area contributed by atoms with Gasteiger partial charge in [0.25, 0.3) is 0 Å². The molecule has 3 nitrogen and oxygen atoms in total. The number of H-pyrrole nitrogens is 1. The first-order valence-electron chi connectivity index (χ1n) is 3.87. The van der Waals surface area contributed by atoms with Gasteiger partial charge in [0, 0.05) is 6.20 Å². The number of hydrogen-bond donors (Lipinski definition) is 1. The van der Waals surface area contributed by atoms with Crippen molar-refractivity contribution in [1.82, 2.24) is 15.0 Å². The quantitative estimate of drug-likeness (QED) is 0.710. The van der Waals surface area contributed by atoms with Crippen LogP contribution in [-0.2, 0) is 6.18 Å². The molecule has 0 saturated heterocycles. The Morgan fingerprint density at radius 2 is 2.07 bits per heavy atom. The van der Waals surface area contributed by atoms with Crippen molar-refractivity contribution in [1.29, 1.82) is 0 Å². The number of rotatable bonds is 0. The molecule has 0 aliphatic rings. The molecule has 0 aliphatic heterocycles. The molecule has 0 radical (unpaired) electrons. The summed E-state index contributed by atoms with van der Waals surface area (Å²) < 4.78 is 37.3. The molecule has 0 aliphatic carbocycles. The van der Waals surface area contributed by atoms with Gasteiger partial charge in [0.2, 0.25) is 0 Å². The van der Waals surface area contributed by atoms with Crippen LogP contribution in [0.25, 0.3) is 11.0 Å². The molecule has 0 unspecified atom stereocenters. The largest absolute Gasteiger partial charge is 0.435 e. The number of halogens is 3. The van der Waals surface area contributed by atoms with E-state index in [1.165, 1.54) is 6.07 Å². The van der Waals surface area contributed by atoms with Gasteiger partial charge in [-0.05, 0) is 13.0 Å². The zero-order chi connectivity index (χ0) is 10.3. The zero-order valence-corrected chi connectivity index (χ0v) is 7.18. The van der Waals surface area contributed by atoms with E-state index in [1.807, 2.05) is 0 Å². The minimum Gasteiger partial charge on any atom is -0.340 e. The Balaban J connectivity index is 2.77. The second kappa shape index (κ2) is 2.70. The molecule has 2 rings (SSSR count). The highest BCUT2D eigenvalue weighted by molar-refractivity contribution is 5.77. The SMILES string of the molecule is Cc1nc2ccnc(C(F)(F)F)c2[nH]1. The first-order valence-corrected chi connectivity index (χ1v) is 3.87. The van der Waals surface area contributed by atoms with Crippen molar-refractivity contribution in [3.63, 3.8) is 0 Å². The highest BCUT2D eigenvalue weighted by Gasteiger charge is 2.35. The molecule has 0 atom stereocenters. The van der Waals surface area contributed by atoms with E-state index in [2.05, 4.69) is 15.0 Å². The van der Waals surface area contributed by atoms with Crippen LogP contribution >= 0.6 is 0 Å². The number of hydrogen-bond acceptors (Lipinski definition) is 2. The Morgan fingerprint density at radius 1 is 1.36 bits per heavy atom. The van der Waals surface area contributed by atoms with Gasteiger partial charge in [0.1, 0.15) is 5.82 Å². The van der Waals surface area contributed by atoms with Crippen molar-refractivity contribution < 1.29 is 13.2 Å². The standard InChI is InChI=1S/C8H6F3N3/c1-4-13-5-2-3-12-7(6(5)14-4)8(9,10)11/h2-3H,1H3,(H,13,14). The molecule has 74 valence electrons. The van der Waals surface area contributed by atoms with Crippen LogP contribution in [0.1, 0.15) is 11.5 Å². The average Bonchev–Trinajstić information content (AvgIpc) is 2.41. The maximum absolute atomic E-state index is 12.4. The highest BCUT2D eigenvalue weighted by Crippen LogP contribution is 2.31. The molecule has 14 heavy (non-hydrogen) atoms. The van der Waals surface area contributed by atoms with Crippen LogP contribution in [0.4, 0.5) is 13.2 Å². The van der Waals surface area contributed by atoms with Gasteiger partial charge in [-0.3, -0.25) is 0 Å². The molecule has 0 aromatic carbocycles. The van der Waals surface area contributed by atoms with Crippen molar-refractivity contribution in [3.05, 3.63) is 23.8 Å². The zero-order valence-electron chi connectivity index (χ0n) is 7.18. The van der Waals surface area contributed by atoms with E-state index in [-0.39, 0.29) is 11.0 Å². The fourth-order valence-electron chi connectivity index (χ4n) is 1.27. The first kappa shape index (κ1) is 8.98. The maximum Gasteiger partial charge on any atom is 0.435 e. The van der Waals surface area contributed by atoms with Gasteiger partial charge in [0.05, 0.1) is 11.0 Å². The van der Waals surface area contributed by atoms with Crippen LogP contribution in [0.15, 0.2) is 12.3 Å². The molecular weight excluding hydrogens is 195 g/mol. The monoisotopic (exact) mass is 201 g/mol. The van der Waals surface area contributed by atoms with Gasteiger partial charge < -0.3 is 4.98 Å². The summed E-state index contributed by atoms with van der Waals surface area (Å²) in [5, 5.41) is 0. The number of nitrogens with one attached hydrogen (secondary N) is 1. The number of fused-ring (bicyclic) bond motifs is 1. The predicted molar refractivity (Wildman–Crippen MR) is 43.6 cm³/mol. The lowest BCUT2D eigenvalue weighted by Crippen LogP contribution is -2.08. The van der Waals surface area contributed by atoms with Crippen molar-refractivity contribution in [2.24, 2.45) is 0 Å². The Hall–Kier alpha value is -1.59. The molecular formula is C8H6F3N3. The van der Waals surface area contributed by atoms with Crippen molar-refractivity contribution in [2.45, 2.75) is 13.1 Å². The third kappa shape index (κ3) is 1.32. The number of aromatic nitrogens is 3. The molecule has 0 amide bonds. The summed E-state index contributed by atoms with van der Waals surface area (Å²) in [5.74, 6) is 0.443. The molecule has 6 heteroatoms. The third-order valence-corrected chi connectivity index (χ3v) is 1.79. The Labute approximate surface area is 77.0 Å². The fourth-order valence-corrected chi connectivity index (χ4v) is 1.27. The van der Waals surface area contributed by atoms with E-state index < -0.39 is 11.9 Å². The van der Waals surface area contributed by atoms with Gasteiger partial charge in [-0.1, -0.05) is 0 Å². The van der Waals surface area contributed by atoms with Crippen molar-refractivity contribution in [2.75, 3.05) is 0 Å². The van der Waals surface area contributed by atoms with Gasteiger partial charge >= 0.3 is 6.18 Å². The molecule has 2 aromatic heterocycles. The molecule has 2 heterocycles. The number of pyridine rings is 1. The number of alkyl halides is 3. The van der Waals surface area contributed by atoms with Gasteiger partial charge in [-0.25, -0.2) is 9.97 Å². The third-order valence-electron chi connectivity index (χ3n) is 1.79. The van der Waals surface area contributed by atoms with E-state index >= 15 is 0 Å². The van der Waals surface area contributed by atoms with E-state index in [4.69, 9.17) is 0 Å². The summed E-state index contributed by atoms with van der Waals surface area (Å²) in [6.45, 7) is 1.60. The fraction of sp³-hybridized carbons (Fsp3) is 0.250. The number of aryl methyl sites for hydroxylation is 1. The van der Waals surface area contributed by atoms with Crippen LogP contribution in [0.5, 0.6) is 0 Å². The minimum atomic E-state index is -4.45. The Kier molecular flexibility index (Phi) is 1.73. The second-order valence-electron chi connectivity index (χ2n) is 2.87. The van der Waals surface area contributed by atoms with Crippen LogP contribution in [0.2, 0.25) is 0 Å². The van der Waals surface area contributed by atoms with E-state index in [0.29, 0.717) is 5.82 Å².